The molecule has 0 radical (unpaired) electrons. The second-order valence-corrected chi connectivity index (χ2v) is 5.04. The Hall–Kier alpha value is -0.570. The first-order chi connectivity index (χ1) is 7.65. The van der Waals surface area contributed by atoms with Crippen LogP contribution in [0, 0.1) is 0 Å². The third-order valence-corrected chi connectivity index (χ3v) is 3.07. The zero-order valence-corrected chi connectivity index (χ0v) is 11.0. The van der Waals surface area contributed by atoms with E-state index >= 15 is 0 Å². The molecule has 1 rings (SSSR count). The van der Waals surface area contributed by atoms with Crippen LogP contribution >= 0.6 is 0 Å². The molecular formula is C13H26N2O. The maximum atomic E-state index is 12.0. The molecule has 0 spiro atoms. The standard InChI is InChI=1S/C13H26N2O/c1-4-5-6-9-15(11(2)3)13(16)10-14-12-7-8-12/h11-12,14H,4-10H2,1-3H3. The van der Waals surface area contributed by atoms with E-state index in [1.165, 1.54) is 25.7 Å². The number of unbranched alkanes of at least 4 members (excludes halogenated alkanes) is 2. The zero-order valence-electron chi connectivity index (χ0n) is 11.0. The topological polar surface area (TPSA) is 32.3 Å². The van der Waals surface area contributed by atoms with Crippen LogP contribution in [0.4, 0.5) is 0 Å². The van der Waals surface area contributed by atoms with Crippen LogP contribution in [0.3, 0.4) is 0 Å². The van der Waals surface area contributed by atoms with Crippen molar-refractivity contribution in [3.63, 3.8) is 0 Å². The number of hydrogen-bond donors (Lipinski definition) is 1. The minimum atomic E-state index is 0.262. The molecule has 1 N–H and O–H groups in total. The predicted molar refractivity (Wildman–Crippen MR) is 67.4 cm³/mol. The Morgan fingerprint density at radius 2 is 2.06 bits per heavy atom. The van der Waals surface area contributed by atoms with Crippen LogP contribution in [0.1, 0.15) is 52.9 Å². The van der Waals surface area contributed by atoms with Gasteiger partial charge in [0.25, 0.3) is 0 Å². The van der Waals surface area contributed by atoms with Crippen molar-refractivity contribution in [1.82, 2.24) is 10.2 Å². The first kappa shape index (κ1) is 13.5. The molecule has 0 unspecified atom stereocenters. The highest BCUT2D eigenvalue weighted by molar-refractivity contribution is 5.78. The predicted octanol–water partition coefficient (Wildman–Crippen LogP) is 2.17. The van der Waals surface area contributed by atoms with Crippen LogP contribution in [0.25, 0.3) is 0 Å². The van der Waals surface area contributed by atoms with Gasteiger partial charge in [-0.3, -0.25) is 4.79 Å². The Morgan fingerprint density at radius 1 is 1.38 bits per heavy atom. The lowest BCUT2D eigenvalue weighted by Crippen LogP contribution is -2.43. The molecule has 0 heterocycles. The van der Waals surface area contributed by atoms with E-state index in [2.05, 4.69) is 26.1 Å². The summed E-state index contributed by atoms with van der Waals surface area (Å²) in [5, 5.41) is 3.29. The number of nitrogens with one attached hydrogen (secondary N) is 1. The third-order valence-electron chi connectivity index (χ3n) is 3.07. The maximum Gasteiger partial charge on any atom is 0.236 e. The molecule has 1 saturated carbocycles. The van der Waals surface area contributed by atoms with Gasteiger partial charge in [-0.2, -0.15) is 0 Å². The molecule has 0 saturated heterocycles. The summed E-state index contributed by atoms with van der Waals surface area (Å²) in [6.45, 7) is 7.82. The monoisotopic (exact) mass is 226 g/mol. The molecule has 0 aromatic heterocycles. The third kappa shape index (κ3) is 4.97. The van der Waals surface area contributed by atoms with Gasteiger partial charge in [0.1, 0.15) is 0 Å². The molecule has 0 aromatic rings. The Labute approximate surface area is 99.6 Å². The van der Waals surface area contributed by atoms with Crippen LogP contribution < -0.4 is 5.32 Å². The van der Waals surface area contributed by atoms with Crippen molar-refractivity contribution in [2.45, 2.75) is 65.0 Å². The molecule has 94 valence electrons. The lowest BCUT2D eigenvalue weighted by molar-refractivity contribution is -0.132. The zero-order chi connectivity index (χ0) is 12.0. The molecule has 16 heavy (non-hydrogen) atoms. The quantitative estimate of drug-likeness (QED) is 0.643. The molecule has 1 aliphatic rings. The number of amides is 1. The summed E-state index contributed by atoms with van der Waals surface area (Å²) in [6, 6.07) is 0.943. The van der Waals surface area contributed by atoms with Crippen molar-refractivity contribution in [2.24, 2.45) is 0 Å². The maximum absolute atomic E-state index is 12.0. The molecule has 1 fully saturated rings. The number of rotatable bonds is 8. The van der Waals surface area contributed by atoms with Crippen LogP contribution in [-0.4, -0.2) is 36.0 Å². The van der Waals surface area contributed by atoms with Gasteiger partial charge in [-0.15, -0.1) is 0 Å². The summed E-state index contributed by atoms with van der Waals surface area (Å²) in [6.07, 6.45) is 6.03. The van der Waals surface area contributed by atoms with E-state index in [1.54, 1.807) is 0 Å². The molecule has 1 amide bonds. The number of hydrogen-bond acceptors (Lipinski definition) is 2. The molecule has 0 aromatic carbocycles. The molecule has 3 heteroatoms. The van der Waals surface area contributed by atoms with E-state index in [9.17, 15) is 4.79 Å². The average molecular weight is 226 g/mol. The lowest BCUT2D eigenvalue weighted by atomic mass is 10.2. The van der Waals surface area contributed by atoms with Gasteiger partial charge >= 0.3 is 0 Å². The second kappa shape index (κ2) is 6.89. The summed E-state index contributed by atoms with van der Waals surface area (Å²) >= 11 is 0. The van der Waals surface area contributed by atoms with Gasteiger partial charge in [-0.05, 0) is 33.1 Å². The first-order valence-corrected chi connectivity index (χ1v) is 6.68. The summed E-state index contributed by atoms with van der Waals surface area (Å²) < 4.78 is 0. The van der Waals surface area contributed by atoms with E-state index in [0.717, 1.165) is 13.0 Å². The van der Waals surface area contributed by atoms with Gasteiger partial charge in [0.2, 0.25) is 5.91 Å². The van der Waals surface area contributed by atoms with Crippen molar-refractivity contribution in [2.75, 3.05) is 13.1 Å². The highest BCUT2D eigenvalue weighted by Gasteiger charge is 2.23. The summed E-state index contributed by atoms with van der Waals surface area (Å²) in [4.78, 5) is 14.0. The SMILES string of the molecule is CCCCCN(C(=O)CNC1CC1)C(C)C. The van der Waals surface area contributed by atoms with Crippen molar-refractivity contribution in [1.29, 1.82) is 0 Å². The van der Waals surface area contributed by atoms with Crippen molar-refractivity contribution < 1.29 is 4.79 Å². The lowest BCUT2D eigenvalue weighted by Gasteiger charge is -2.27. The Bertz CT molecular complexity index is 212. The van der Waals surface area contributed by atoms with Crippen molar-refractivity contribution in [3.05, 3.63) is 0 Å². The molecule has 0 atom stereocenters. The highest BCUT2D eigenvalue weighted by Crippen LogP contribution is 2.18. The molecule has 3 nitrogen and oxygen atoms in total. The van der Waals surface area contributed by atoms with E-state index in [4.69, 9.17) is 0 Å². The summed E-state index contributed by atoms with van der Waals surface area (Å²) in [7, 11) is 0. The number of carbonyl (C=O) groups is 1. The van der Waals surface area contributed by atoms with Gasteiger partial charge in [-0.25, -0.2) is 0 Å². The van der Waals surface area contributed by atoms with Gasteiger partial charge in [-0.1, -0.05) is 19.8 Å². The Balaban J connectivity index is 2.25. The van der Waals surface area contributed by atoms with Crippen molar-refractivity contribution in [3.8, 4) is 0 Å². The summed E-state index contributed by atoms with van der Waals surface area (Å²) in [5.74, 6) is 0.262. The largest absolute Gasteiger partial charge is 0.339 e. The van der Waals surface area contributed by atoms with Gasteiger partial charge < -0.3 is 10.2 Å². The van der Waals surface area contributed by atoms with E-state index in [1.807, 2.05) is 4.90 Å². The first-order valence-electron chi connectivity index (χ1n) is 6.68. The summed E-state index contributed by atoms with van der Waals surface area (Å²) in [5.41, 5.74) is 0. The van der Waals surface area contributed by atoms with Crippen molar-refractivity contribution >= 4 is 5.91 Å². The smallest absolute Gasteiger partial charge is 0.236 e. The van der Waals surface area contributed by atoms with Gasteiger partial charge in [0.15, 0.2) is 0 Å². The fourth-order valence-corrected chi connectivity index (χ4v) is 1.82. The average Bonchev–Trinajstić information content (AvgIpc) is 3.04. The molecular weight excluding hydrogens is 200 g/mol. The number of carbonyl (C=O) groups excluding carboxylic acids is 1. The fraction of sp³-hybridized carbons (Fsp3) is 0.923. The van der Waals surface area contributed by atoms with Crippen LogP contribution in [-0.2, 0) is 4.79 Å². The number of nitrogens with zero attached hydrogens (tertiary/aromatic N) is 1. The minimum Gasteiger partial charge on any atom is -0.339 e. The van der Waals surface area contributed by atoms with Crippen LogP contribution in [0.5, 0.6) is 0 Å². The van der Waals surface area contributed by atoms with Crippen LogP contribution in [0.2, 0.25) is 0 Å². The molecule has 0 bridgehead atoms. The van der Waals surface area contributed by atoms with E-state index in [-0.39, 0.29) is 5.91 Å². The minimum absolute atomic E-state index is 0.262. The highest BCUT2D eigenvalue weighted by atomic mass is 16.2. The fourth-order valence-electron chi connectivity index (χ4n) is 1.82. The van der Waals surface area contributed by atoms with Crippen LogP contribution in [0.15, 0.2) is 0 Å². The van der Waals surface area contributed by atoms with Gasteiger partial charge in [0, 0.05) is 18.6 Å². The normalized spacial score (nSPS) is 15.5. The van der Waals surface area contributed by atoms with Gasteiger partial charge in [0.05, 0.1) is 6.54 Å². The molecule has 0 aliphatic heterocycles. The Kier molecular flexibility index (Phi) is 5.81. The van der Waals surface area contributed by atoms with E-state index in [0.29, 0.717) is 18.6 Å². The van der Waals surface area contributed by atoms with E-state index < -0.39 is 0 Å². The second-order valence-electron chi connectivity index (χ2n) is 5.04. The molecule has 1 aliphatic carbocycles. The Morgan fingerprint density at radius 3 is 2.56 bits per heavy atom.